The standard InChI is InChI=1S/C15H21N3O4/c1-11(17-5-7-22-8-6-17)10-16-14-4-3-13(12(2)19)9-15(14)18(20)21/h3-4,9,11,16H,5-8,10H2,1-2H3/t11-/m1/s1. The Labute approximate surface area is 129 Å². The van der Waals surface area contributed by atoms with Gasteiger partial charge in [0.05, 0.1) is 18.1 Å². The number of anilines is 1. The predicted octanol–water partition coefficient (Wildman–Crippen LogP) is 1.93. The number of hydrogen-bond acceptors (Lipinski definition) is 6. The SMILES string of the molecule is CC(=O)c1ccc(NC[C@@H](C)N2CCOCC2)c([N+](=O)[O-])c1. The molecule has 0 saturated carbocycles. The Balaban J connectivity index is 2.05. The molecule has 1 saturated heterocycles. The number of ketones is 1. The van der Waals surface area contributed by atoms with Crippen molar-refractivity contribution in [2.24, 2.45) is 0 Å². The van der Waals surface area contributed by atoms with E-state index >= 15 is 0 Å². The largest absolute Gasteiger partial charge is 0.379 e. The van der Waals surface area contributed by atoms with Crippen LogP contribution in [-0.4, -0.2) is 54.5 Å². The van der Waals surface area contributed by atoms with Crippen molar-refractivity contribution in [3.63, 3.8) is 0 Å². The van der Waals surface area contributed by atoms with Gasteiger partial charge in [-0.2, -0.15) is 0 Å². The van der Waals surface area contributed by atoms with Gasteiger partial charge in [-0.15, -0.1) is 0 Å². The third kappa shape index (κ3) is 4.02. The number of ether oxygens (including phenoxy) is 1. The molecule has 0 aromatic heterocycles. The third-order valence-corrected chi connectivity index (χ3v) is 3.86. The van der Waals surface area contributed by atoms with Crippen LogP contribution in [0.15, 0.2) is 18.2 Å². The summed E-state index contributed by atoms with van der Waals surface area (Å²) in [5, 5.41) is 14.3. The quantitative estimate of drug-likeness (QED) is 0.491. The maximum absolute atomic E-state index is 11.3. The molecule has 1 aromatic rings. The second kappa shape index (κ2) is 7.33. The molecule has 0 unspecified atom stereocenters. The summed E-state index contributed by atoms with van der Waals surface area (Å²) in [6, 6.07) is 4.78. The van der Waals surface area contributed by atoms with Crippen molar-refractivity contribution in [1.29, 1.82) is 0 Å². The van der Waals surface area contributed by atoms with Crippen molar-refractivity contribution in [3.05, 3.63) is 33.9 Å². The van der Waals surface area contributed by atoms with Crippen molar-refractivity contribution in [2.75, 3.05) is 38.2 Å². The maximum Gasteiger partial charge on any atom is 0.293 e. The van der Waals surface area contributed by atoms with Gasteiger partial charge in [-0.3, -0.25) is 19.8 Å². The van der Waals surface area contributed by atoms with E-state index < -0.39 is 4.92 Å². The van der Waals surface area contributed by atoms with Crippen LogP contribution in [0.1, 0.15) is 24.2 Å². The maximum atomic E-state index is 11.3. The number of carbonyl (C=O) groups is 1. The topological polar surface area (TPSA) is 84.7 Å². The summed E-state index contributed by atoms with van der Waals surface area (Å²) in [7, 11) is 0. The first-order valence-corrected chi connectivity index (χ1v) is 7.34. The molecule has 1 fully saturated rings. The molecule has 22 heavy (non-hydrogen) atoms. The van der Waals surface area contributed by atoms with Crippen molar-refractivity contribution in [3.8, 4) is 0 Å². The summed E-state index contributed by atoms with van der Waals surface area (Å²) >= 11 is 0. The smallest absolute Gasteiger partial charge is 0.293 e. The molecule has 0 radical (unpaired) electrons. The van der Waals surface area contributed by atoms with Gasteiger partial charge in [0.2, 0.25) is 0 Å². The van der Waals surface area contributed by atoms with E-state index in [1.807, 2.05) is 0 Å². The van der Waals surface area contributed by atoms with Crippen molar-refractivity contribution >= 4 is 17.2 Å². The van der Waals surface area contributed by atoms with Crippen LogP contribution >= 0.6 is 0 Å². The third-order valence-electron chi connectivity index (χ3n) is 3.86. The highest BCUT2D eigenvalue weighted by Crippen LogP contribution is 2.26. The molecule has 7 heteroatoms. The molecular formula is C15H21N3O4. The van der Waals surface area contributed by atoms with Crippen molar-refractivity contribution in [1.82, 2.24) is 4.90 Å². The van der Waals surface area contributed by atoms with Gasteiger partial charge < -0.3 is 10.1 Å². The van der Waals surface area contributed by atoms with E-state index in [0.717, 1.165) is 26.3 Å². The highest BCUT2D eigenvalue weighted by molar-refractivity contribution is 5.95. The van der Waals surface area contributed by atoms with Gasteiger partial charge in [-0.05, 0) is 26.0 Å². The Morgan fingerprint density at radius 1 is 1.45 bits per heavy atom. The molecule has 1 atom stereocenters. The van der Waals surface area contributed by atoms with E-state index in [1.54, 1.807) is 12.1 Å². The Morgan fingerprint density at radius 3 is 2.73 bits per heavy atom. The number of Topliss-reactive ketones (excluding diaryl/α,β-unsaturated/α-hetero) is 1. The number of nitro benzene ring substituents is 1. The predicted molar refractivity (Wildman–Crippen MR) is 83.4 cm³/mol. The minimum Gasteiger partial charge on any atom is -0.379 e. The highest BCUT2D eigenvalue weighted by Gasteiger charge is 2.19. The molecular weight excluding hydrogens is 286 g/mol. The first kappa shape index (κ1) is 16.4. The minimum absolute atomic E-state index is 0.0677. The summed E-state index contributed by atoms with van der Waals surface area (Å²) in [5.74, 6) is -0.184. The summed E-state index contributed by atoms with van der Waals surface area (Å²) in [4.78, 5) is 24.3. The Bertz CT molecular complexity index is 556. The van der Waals surface area contributed by atoms with Crippen LogP contribution in [0.25, 0.3) is 0 Å². The number of nitrogens with one attached hydrogen (secondary N) is 1. The number of nitrogens with zero attached hydrogens (tertiary/aromatic N) is 2. The molecule has 1 aliphatic heterocycles. The van der Waals surface area contributed by atoms with Gasteiger partial charge in [0.25, 0.3) is 5.69 Å². The molecule has 2 rings (SSSR count). The summed E-state index contributed by atoms with van der Waals surface area (Å²) < 4.78 is 5.32. The molecule has 1 aliphatic rings. The fraction of sp³-hybridized carbons (Fsp3) is 0.533. The Kier molecular flexibility index (Phi) is 5.46. The molecule has 120 valence electrons. The zero-order chi connectivity index (χ0) is 16.1. The van der Waals surface area contributed by atoms with Crippen molar-refractivity contribution < 1.29 is 14.5 Å². The molecule has 0 bridgehead atoms. The van der Waals surface area contributed by atoms with E-state index in [4.69, 9.17) is 4.74 Å². The average molecular weight is 307 g/mol. The van der Waals surface area contributed by atoms with Gasteiger partial charge >= 0.3 is 0 Å². The lowest BCUT2D eigenvalue weighted by Gasteiger charge is -2.32. The number of rotatable bonds is 6. The van der Waals surface area contributed by atoms with E-state index in [-0.39, 0.29) is 17.5 Å². The van der Waals surface area contributed by atoms with Crippen LogP contribution in [-0.2, 0) is 4.74 Å². The van der Waals surface area contributed by atoms with Gasteiger partial charge in [-0.25, -0.2) is 0 Å². The molecule has 0 aliphatic carbocycles. The van der Waals surface area contributed by atoms with Crippen LogP contribution in [0, 0.1) is 10.1 Å². The number of nitro groups is 1. The fourth-order valence-electron chi connectivity index (χ4n) is 2.46. The normalized spacial score (nSPS) is 17.0. The van der Waals surface area contributed by atoms with Crippen LogP contribution in [0.3, 0.4) is 0 Å². The molecule has 7 nitrogen and oxygen atoms in total. The lowest BCUT2D eigenvalue weighted by molar-refractivity contribution is -0.384. The summed E-state index contributed by atoms with van der Waals surface area (Å²) in [6.45, 7) is 7.25. The first-order valence-electron chi connectivity index (χ1n) is 7.34. The lowest BCUT2D eigenvalue weighted by atomic mass is 10.1. The van der Waals surface area contributed by atoms with Crippen LogP contribution in [0.5, 0.6) is 0 Å². The minimum atomic E-state index is -0.464. The van der Waals surface area contributed by atoms with Gasteiger partial charge in [0, 0.05) is 37.3 Å². The van der Waals surface area contributed by atoms with E-state index in [2.05, 4.69) is 17.1 Å². The molecule has 1 aromatic carbocycles. The van der Waals surface area contributed by atoms with Gasteiger partial charge in [0.1, 0.15) is 5.69 Å². The second-order valence-electron chi connectivity index (χ2n) is 5.42. The highest BCUT2D eigenvalue weighted by atomic mass is 16.6. The van der Waals surface area contributed by atoms with E-state index in [1.165, 1.54) is 13.0 Å². The fourth-order valence-corrected chi connectivity index (χ4v) is 2.46. The molecule has 1 heterocycles. The number of hydrogen-bond donors (Lipinski definition) is 1. The summed E-state index contributed by atoms with van der Waals surface area (Å²) in [5.41, 5.74) is 0.718. The summed E-state index contributed by atoms with van der Waals surface area (Å²) in [6.07, 6.45) is 0. The van der Waals surface area contributed by atoms with E-state index in [9.17, 15) is 14.9 Å². The second-order valence-corrected chi connectivity index (χ2v) is 5.42. The average Bonchev–Trinajstić information content (AvgIpc) is 2.53. The number of benzene rings is 1. The zero-order valence-corrected chi connectivity index (χ0v) is 12.9. The Hall–Kier alpha value is -1.99. The van der Waals surface area contributed by atoms with Gasteiger partial charge in [-0.1, -0.05) is 0 Å². The van der Waals surface area contributed by atoms with Crippen LogP contribution in [0.4, 0.5) is 11.4 Å². The zero-order valence-electron chi connectivity index (χ0n) is 12.9. The van der Waals surface area contributed by atoms with Crippen LogP contribution in [0.2, 0.25) is 0 Å². The van der Waals surface area contributed by atoms with Crippen LogP contribution < -0.4 is 5.32 Å². The number of carbonyl (C=O) groups excluding carboxylic acids is 1. The lowest BCUT2D eigenvalue weighted by Crippen LogP contribution is -2.45. The Morgan fingerprint density at radius 2 is 2.14 bits per heavy atom. The van der Waals surface area contributed by atoms with E-state index in [0.29, 0.717) is 17.8 Å². The van der Waals surface area contributed by atoms with Gasteiger partial charge in [0.15, 0.2) is 5.78 Å². The molecule has 0 spiro atoms. The first-order chi connectivity index (χ1) is 10.5. The number of morpholine rings is 1. The monoisotopic (exact) mass is 307 g/mol. The van der Waals surface area contributed by atoms with Crippen molar-refractivity contribution in [2.45, 2.75) is 19.9 Å². The molecule has 1 N–H and O–H groups in total. The molecule has 0 amide bonds.